The molecule has 1 rings (SSSR count). The number of nitrogens with one attached hydrogen (secondary N) is 1. The van der Waals surface area contributed by atoms with E-state index in [0.29, 0.717) is 23.4 Å². The average Bonchev–Trinajstić information content (AvgIpc) is 2.68. The molecule has 0 fully saturated rings. The van der Waals surface area contributed by atoms with Crippen LogP contribution in [0.15, 0.2) is 4.52 Å². The van der Waals surface area contributed by atoms with Crippen LogP contribution in [0.1, 0.15) is 49.5 Å². The highest BCUT2D eigenvalue weighted by Gasteiger charge is 2.21. The summed E-state index contributed by atoms with van der Waals surface area (Å²) in [7, 11) is 0. The summed E-state index contributed by atoms with van der Waals surface area (Å²) in [4.78, 5) is 23.3. The maximum Gasteiger partial charge on any atom is 0.407 e. The van der Waals surface area contributed by atoms with E-state index < -0.39 is 17.7 Å². The second kappa shape index (κ2) is 7.10. The minimum Gasteiger partial charge on any atom is -0.462 e. The van der Waals surface area contributed by atoms with E-state index in [2.05, 4.69) is 10.5 Å². The molecule has 118 valence electrons. The Morgan fingerprint density at radius 2 is 2.00 bits per heavy atom. The van der Waals surface area contributed by atoms with E-state index in [-0.39, 0.29) is 13.2 Å². The van der Waals surface area contributed by atoms with Crippen LogP contribution in [-0.2, 0) is 15.9 Å². The Balaban J connectivity index is 2.57. The van der Waals surface area contributed by atoms with Crippen LogP contribution in [-0.4, -0.2) is 36.0 Å². The van der Waals surface area contributed by atoms with E-state index in [9.17, 15) is 9.59 Å². The van der Waals surface area contributed by atoms with Crippen LogP contribution in [0.4, 0.5) is 4.79 Å². The Bertz CT molecular complexity index is 502. The molecule has 0 atom stereocenters. The average molecular weight is 298 g/mol. The van der Waals surface area contributed by atoms with Gasteiger partial charge in [-0.2, -0.15) is 0 Å². The van der Waals surface area contributed by atoms with Crippen LogP contribution < -0.4 is 5.32 Å². The second-order valence-electron chi connectivity index (χ2n) is 5.46. The molecule has 1 amide bonds. The molecule has 0 aliphatic heterocycles. The number of ether oxygens (including phenoxy) is 2. The van der Waals surface area contributed by atoms with Crippen LogP contribution in [0.3, 0.4) is 0 Å². The molecule has 0 aromatic carbocycles. The highest BCUT2D eigenvalue weighted by molar-refractivity contribution is 5.91. The molecule has 7 heteroatoms. The number of nitrogens with zero attached hydrogens (tertiary/aromatic N) is 1. The number of amides is 1. The van der Waals surface area contributed by atoms with Gasteiger partial charge in [0.1, 0.15) is 22.6 Å². The number of carbonyl (C=O) groups excluding carboxylic acids is 2. The lowest BCUT2D eigenvalue weighted by molar-refractivity contribution is 0.0519. The van der Waals surface area contributed by atoms with Gasteiger partial charge in [-0.05, 0) is 34.6 Å². The number of rotatable bonds is 5. The molecule has 0 unspecified atom stereocenters. The fourth-order valence-corrected chi connectivity index (χ4v) is 1.65. The first-order valence-corrected chi connectivity index (χ1v) is 6.83. The van der Waals surface area contributed by atoms with Gasteiger partial charge in [0, 0.05) is 13.0 Å². The van der Waals surface area contributed by atoms with Gasteiger partial charge in [-0.25, -0.2) is 9.59 Å². The minimum absolute atomic E-state index is 0.277. The topological polar surface area (TPSA) is 90.7 Å². The lowest BCUT2D eigenvalue weighted by atomic mass is 10.1. The zero-order valence-electron chi connectivity index (χ0n) is 13.1. The van der Waals surface area contributed by atoms with Crippen LogP contribution in [0.5, 0.6) is 0 Å². The van der Waals surface area contributed by atoms with Crippen molar-refractivity contribution in [2.45, 2.75) is 46.6 Å². The predicted molar refractivity (Wildman–Crippen MR) is 75.1 cm³/mol. The lowest BCUT2D eigenvalue weighted by Gasteiger charge is -2.19. The Labute approximate surface area is 124 Å². The first-order valence-electron chi connectivity index (χ1n) is 6.83. The Kier molecular flexibility index (Phi) is 5.75. The molecule has 0 aliphatic rings. The molecule has 0 saturated heterocycles. The molecule has 1 aromatic heterocycles. The quantitative estimate of drug-likeness (QED) is 0.838. The van der Waals surface area contributed by atoms with Crippen LogP contribution in [0, 0.1) is 6.92 Å². The van der Waals surface area contributed by atoms with Crippen LogP contribution in [0.2, 0.25) is 0 Å². The third kappa shape index (κ3) is 5.45. The molecule has 1 aromatic rings. The van der Waals surface area contributed by atoms with Gasteiger partial charge in [-0.3, -0.25) is 0 Å². The number of hydrogen-bond donors (Lipinski definition) is 1. The monoisotopic (exact) mass is 298 g/mol. The van der Waals surface area contributed by atoms with Gasteiger partial charge in [0.2, 0.25) is 0 Å². The number of esters is 1. The van der Waals surface area contributed by atoms with Crippen molar-refractivity contribution in [1.82, 2.24) is 10.5 Å². The molecule has 7 nitrogen and oxygen atoms in total. The highest BCUT2D eigenvalue weighted by Crippen LogP contribution is 2.15. The van der Waals surface area contributed by atoms with Gasteiger partial charge >= 0.3 is 12.1 Å². The van der Waals surface area contributed by atoms with Gasteiger partial charge in [-0.1, -0.05) is 5.16 Å². The molecule has 0 spiro atoms. The number of carbonyl (C=O) groups is 2. The molecular weight excluding hydrogens is 276 g/mol. The molecule has 1 N–H and O–H groups in total. The van der Waals surface area contributed by atoms with Crippen molar-refractivity contribution >= 4 is 12.1 Å². The summed E-state index contributed by atoms with van der Waals surface area (Å²) in [5.41, 5.74) is 0.231. The van der Waals surface area contributed by atoms with E-state index in [1.807, 2.05) is 0 Å². The molecule has 1 heterocycles. The largest absolute Gasteiger partial charge is 0.462 e. The summed E-state index contributed by atoms with van der Waals surface area (Å²) < 4.78 is 15.1. The first kappa shape index (κ1) is 17.0. The first-order chi connectivity index (χ1) is 9.74. The molecule has 0 saturated carbocycles. The zero-order chi connectivity index (χ0) is 16.0. The Morgan fingerprint density at radius 1 is 1.33 bits per heavy atom. The van der Waals surface area contributed by atoms with Crippen molar-refractivity contribution < 1.29 is 23.6 Å². The van der Waals surface area contributed by atoms with E-state index in [0.717, 1.165) is 0 Å². The van der Waals surface area contributed by atoms with Crippen molar-refractivity contribution in [3.63, 3.8) is 0 Å². The van der Waals surface area contributed by atoms with Crippen LogP contribution in [0.25, 0.3) is 0 Å². The number of aryl methyl sites for hydroxylation is 1. The highest BCUT2D eigenvalue weighted by atomic mass is 16.6. The van der Waals surface area contributed by atoms with Gasteiger partial charge in [0.05, 0.1) is 6.61 Å². The van der Waals surface area contributed by atoms with Crippen molar-refractivity contribution in [2.75, 3.05) is 13.2 Å². The number of alkyl carbamates (subject to hydrolysis) is 1. The second-order valence-corrected chi connectivity index (χ2v) is 5.46. The summed E-state index contributed by atoms with van der Waals surface area (Å²) in [5.74, 6) is -0.0655. The van der Waals surface area contributed by atoms with Crippen LogP contribution >= 0.6 is 0 Å². The van der Waals surface area contributed by atoms with E-state index in [1.54, 1.807) is 34.6 Å². The van der Waals surface area contributed by atoms with Gasteiger partial charge in [0.25, 0.3) is 0 Å². The van der Waals surface area contributed by atoms with Crippen molar-refractivity contribution in [2.24, 2.45) is 0 Å². The predicted octanol–water partition coefficient (Wildman–Crippen LogP) is 2.23. The summed E-state index contributed by atoms with van der Waals surface area (Å²) in [5, 5.41) is 6.42. The normalized spacial score (nSPS) is 11.1. The fraction of sp³-hybridized carbons (Fsp3) is 0.643. The van der Waals surface area contributed by atoms with E-state index in [1.165, 1.54) is 0 Å². The molecule has 0 bridgehead atoms. The van der Waals surface area contributed by atoms with Crippen molar-refractivity contribution in [1.29, 1.82) is 0 Å². The van der Waals surface area contributed by atoms with Crippen molar-refractivity contribution in [3.05, 3.63) is 17.0 Å². The van der Waals surface area contributed by atoms with Gasteiger partial charge in [0.15, 0.2) is 0 Å². The minimum atomic E-state index is -0.551. The number of aromatic nitrogens is 1. The molecular formula is C14H22N2O5. The summed E-state index contributed by atoms with van der Waals surface area (Å²) in [6, 6.07) is 0. The fourth-order valence-electron chi connectivity index (χ4n) is 1.65. The standard InChI is InChI=1S/C14H22N2O5/c1-6-19-12(17)11-9(2)21-16-10(11)7-8-15-13(18)20-14(3,4)5/h6-8H2,1-5H3,(H,15,18). The maximum atomic E-state index is 11.8. The molecule has 21 heavy (non-hydrogen) atoms. The number of hydrogen-bond acceptors (Lipinski definition) is 6. The van der Waals surface area contributed by atoms with Crippen molar-refractivity contribution in [3.8, 4) is 0 Å². The zero-order valence-corrected chi connectivity index (χ0v) is 13.1. The third-order valence-electron chi connectivity index (χ3n) is 2.44. The Hall–Kier alpha value is -2.05. The summed E-state index contributed by atoms with van der Waals surface area (Å²) >= 11 is 0. The van der Waals surface area contributed by atoms with Gasteiger partial charge in [-0.15, -0.1) is 0 Å². The molecule has 0 aliphatic carbocycles. The van der Waals surface area contributed by atoms with Gasteiger partial charge < -0.3 is 19.3 Å². The lowest BCUT2D eigenvalue weighted by Crippen LogP contribution is -2.33. The Morgan fingerprint density at radius 3 is 2.57 bits per heavy atom. The maximum absolute atomic E-state index is 11.8. The summed E-state index contributed by atoms with van der Waals surface area (Å²) in [6.07, 6.45) is -0.162. The smallest absolute Gasteiger partial charge is 0.407 e. The summed E-state index contributed by atoms with van der Waals surface area (Å²) in [6.45, 7) is 9.28. The molecule has 0 radical (unpaired) electrons. The van der Waals surface area contributed by atoms with E-state index in [4.69, 9.17) is 14.0 Å². The third-order valence-corrected chi connectivity index (χ3v) is 2.44. The SMILES string of the molecule is CCOC(=O)c1c(CCNC(=O)OC(C)(C)C)noc1C. The van der Waals surface area contributed by atoms with E-state index >= 15 is 0 Å².